The van der Waals surface area contributed by atoms with Gasteiger partial charge in [-0.1, -0.05) is 36.8 Å². The highest BCUT2D eigenvalue weighted by molar-refractivity contribution is 5.97. The Balaban J connectivity index is 2.51. The molecular weight excluding hydrogens is 913 g/mol. The van der Waals surface area contributed by atoms with Crippen LogP contribution in [0.3, 0.4) is 0 Å². The molecule has 2 rings (SSSR count). The van der Waals surface area contributed by atoms with Crippen LogP contribution in [0.15, 0.2) is 45.3 Å². The Bertz CT molecular complexity index is 1980. The van der Waals surface area contributed by atoms with Crippen molar-refractivity contribution in [1.82, 2.24) is 31.5 Å². The number of unbranched alkanes of at least 4 members (excludes halogenated alkanes) is 1. The van der Waals surface area contributed by atoms with Gasteiger partial charge in [-0.05, 0) is 82.7 Å². The number of carbonyl (C=O) groups is 8. The fraction of sp³-hybridized carbons (Fsp3) is 0.605. The Hall–Kier alpha value is -7.29. The number of carboxylic acid groups (broad SMARTS) is 1. The van der Waals surface area contributed by atoms with Crippen molar-refractivity contribution in [3.05, 3.63) is 35.9 Å². The maximum Gasteiger partial charge on any atom is 0.326 e. The molecular formula is C43H74N18O9. The zero-order valence-electron chi connectivity index (χ0n) is 39.6. The fourth-order valence-electron chi connectivity index (χ4n) is 7.42. The van der Waals surface area contributed by atoms with Gasteiger partial charge in [0.05, 0.1) is 6.04 Å². The van der Waals surface area contributed by atoms with Crippen LogP contribution in [0, 0.1) is 0 Å². The molecule has 1 aromatic rings. The SMILES string of the molecule is NCCCC[C@H](N)C(=O)N[C@@H](Cc1ccccc1)C(=O)N[C@@H](CCCN=C(N)N)C(=O)N[C@@H](CCCN=C(N)N)C(=O)N[C@@H](CCC(N)=O)C(=O)N[C@@H](CCCN=C(N)N)C(=O)N1CCC[C@H]1C(=O)O. The molecule has 1 saturated heterocycles. The number of carboxylic acids is 1. The summed E-state index contributed by atoms with van der Waals surface area (Å²) in [5.74, 6) is -7.47. The van der Waals surface area contributed by atoms with E-state index in [0.717, 1.165) is 4.90 Å². The Morgan fingerprint density at radius 3 is 1.49 bits per heavy atom. The molecule has 70 heavy (non-hydrogen) atoms. The second-order valence-corrected chi connectivity index (χ2v) is 16.8. The van der Waals surface area contributed by atoms with E-state index in [1.807, 2.05) is 0 Å². The van der Waals surface area contributed by atoms with Gasteiger partial charge in [0.2, 0.25) is 41.4 Å². The lowest BCUT2D eigenvalue weighted by Gasteiger charge is -2.29. The molecule has 27 nitrogen and oxygen atoms in total. The first kappa shape index (κ1) is 58.8. The molecule has 1 fully saturated rings. The number of rotatable bonds is 33. The van der Waals surface area contributed by atoms with Crippen LogP contribution in [0.1, 0.15) is 89.0 Å². The first-order valence-corrected chi connectivity index (χ1v) is 23.2. The van der Waals surface area contributed by atoms with Gasteiger partial charge in [-0.25, -0.2) is 4.79 Å². The van der Waals surface area contributed by atoms with Crippen molar-refractivity contribution in [1.29, 1.82) is 0 Å². The van der Waals surface area contributed by atoms with E-state index in [1.54, 1.807) is 30.3 Å². The number of primary amides is 1. The molecule has 1 aliphatic heterocycles. The minimum absolute atomic E-state index is 0.0129. The van der Waals surface area contributed by atoms with Crippen LogP contribution in [-0.4, -0.2) is 150 Å². The smallest absolute Gasteiger partial charge is 0.326 e. The fourth-order valence-corrected chi connectivity index (χ4v) is 7.42. The number of carbonyl (C=O) groups excluding carboxylic acids is 7. The Kier molecular flexibility index (Phi) is 26.6. The van der Waals surface area contributed by atoms with Crippen molar-refractivity contribution >= 4 is 65.2 Å². The van der Waals surface area contributed by atoms with E-state index in [1.165, 1.54) is 0 Å². The summed E-state index contributed by atoms with van der Waals surface area (Å²) >= 11 is 0. The van der Waals surface area contributed by atoms with Crippen LogP contribution in [0.4, 0.5) is 0 Å². The van der Waals surface area contributed by atoms with Gasteiger partial charge in [0, 0.05) is 39.0 Å². The zero-order chi connectivity index (χ0) is 52.2. The summed E-state index contributed by atoms with van der Waals surface area (Å²) in [7, 11) is 0. The van der Waals surface area contributed by atoms with Gasteiger partial charge in [0.25, 0.3) is 0 Å². The van der Waals surface area contributed by atoms with Crippen LogP contribution in [0.5, 0.6) is 0 Å². The average molecular weight is 987 g/mol. The van der Waals surface area contributed by atoms with Crippen molar-refractivity contribution < 1.29 is 43.5 Å². The van der Waals surface area contributed by atoms with E-state index in [-0.39, 0.29) is 102 Å². The molecule has 1 heterocycles. The predicted molar refractivity (Wildman–Crippen MR) is 261 cm³/mol. The van der Waals surface area contributed by atoms with E-state index < -0.39 is 96.0 Å². The van der Waals surface area contributed by atoms with Crippen molar-refractivity contribution in [3.63, 3.8) is 0 Å². The molecule has 1 aliphatic rings. The minimum Gasteiger partial charge on any atom is -0.480 e. The van der Waals surface area contributed by atoms with Crippen LogP contribution >= 0.6 is 0 Å². The highest BCUT2D eigenvalue weighted by Gasteiger charge is 2.39. The van der Waals surface area contributed by atoms with Crippen LogP contribution in [-0.2, 0) is 44.8 Å². The summed E-state index contributed by atoms with van der Waals surface area (Å²) in [6.45, 7) is 0.651. The number of amides is 7. The van der Waals surface area contributed by atoms with E-state index in [0.29, 0.717) is 37.8 Å². The molecule has 1 aromatic carbocycles. The molecule has 390 valence electrons. The highest BCUT2D eigenvalue weighted by atomic mass is 16.4. The maximum atomic E-state index is 14.3. The van der Waals surface area contributed by atoms with Crippen LogP contribution < -0.4 is 78.2 Å². The highest BCUT2D eigenvalue weighted by Crippen LogP contribution is 2.20. The third kappa shape index (κ3) is 22.7. The molecule has 0 bridgehead atoms. The second-order valence-electron chi connectivity index (χ2n) is 16.8. The Labute approximate surface area is 406 Å². The molecule has 24 N–H and O–H groups in total. The molecule has 7 amide bonds. The van der Waals surface area contributed by atoms with Crippen molar-refractivity contribution in [3.8, 4) is 0 Å². The molecule has 0 aliphatic carbocycles. The molecule has 0 spiro atoms. The number of benzene rings is 1. The largest absolute Gasteiger partial charge is 0.480 e. The number of hydrogen-bond acceptors (Lipinski definition) is 13. The zero-order valence-corrected chi connectivity index (χ0v) is 39.6. The number of aliphatic imine (C=N–C) groups is 3. The number of nitrogens with zero attached hydrogens (tertiary/aromatic N) is 4. The van der Waals surface area contributed by atoms with Crippen molar-refractivity contribution in [2.75, 3.05) is 32.7 Å². The molecule has 0 saturated carbocycles. The van der Waals surface area contributed by atoms with E-state index >= 15 is 0 Å². The lowest BCUT2D eigenvalue weighted by Crippen LogP contribution is -2.60. The summed E-state index contributed by atoms with van der Waals surface area (Å²) in [6.07, 6.45) is 1.58. The predicted octanol–water partition coefficient (Wildman–Crippen LogP) is -5.39. The van der Waals surface area contributed by atoms with Crippen molar-refractivity contribution in [2.24, 2.45) is 66.6 Å². The van der Waals surface area contributed by atoms with E-state index in [4.69, 9.17) is 51.6 Å². The van der Waals surface area contributed by atoms with Gasteiger partial charge < -0.3 is 88.2 Å². The van der Waals surface area contributed by atoms with Crippen LogP contribution in [0.25, 0.3) is 0 Å². The lowest BCUT2D eigenvalue weighted by atomic mass is 10.0. The molecule has 27 heteroatoms. The number of hydrogen-bond donors (Lipinski definition) is 15. The molecule has 7 atom stereocenters. The third-order valence-corrected chi connectivity index (χ3v) is 11.1. The van der Waals surface area contributed by atoms with Crippen molar-refractivity contribution in [2.45, 2.75) is 132 Å². The standard InChI is InChI=1S/C43H74N18O9/c44-19-5-4-12-26(45)34(63)60-31(24-25-10-2-1-3-11-25)38(67)57-28(14-7-21-54-42(49)50)35(64)56-27(13-6-20-53-41(47)48)36(65)58-29(17-18-33(46)62)37(66)59-30(15-8-22-55-43(51)52)39(68)61-23-9-16-32(61)40(69)70/h1-3,10-11,26-32H,4-9,12-24,44-45H2,(H2,46,62)(H,56,64)(H,57,67)(H,58,65)(H,59,66)(H,60,63)(H,69,70)(H4,47,48,53)(H4,49,50,54)(H4,51,52,55)/t26-,27-,28-,29-,30-,31-,32-/m0/s1. The third-order valence-electron chi connectivity index (χ3n) is 11.1. The number of nitrogens with one attached hydrogen (secondary N) is 5. The van der Waals surface area contributed by atoms with Gasteiger partial charge in [-0.15, -0.1) is 0 Å². The minimum atomic E-state index is -1.53. The van der Waals surface area contributed by atoms with E-state index in [2.05, 4.69) is 41.6 Å². The van der Waals surface area contributed by atoms with Gasteiger partial charge in [-0.2, -0.15) is 0 Å². The first-order chi connectivity index (χ1) is 33.2. The first-order valence-electron chi connectivity index (χ1n) is 23.2. The van der Waals surface area contributed by atoms with Gasteiger partial charge in [0.1, 0.15) is 36.3 Å². The number of likely N-dealkylation sites (tertiary alicyclic amines) is 1. The monoisotopic (exact) mass is 987 g/mol. The topological polar surface area (TPSA) is 491 Å². The van der Waals surface area contributed by atoms with Gasteiger partial charge >= 0.3 is 5.97 Å². The number of guanidine groups is 3. The Morgan fingerprint density at radius 2 is 1.03 bits per heavy atom. The van der Waals surface area contributed by atoms with Crippen LogP contribution in [0.2, 0.25) is 0 Å². The number of aliphatic carboxylic acids is 1. The normalized spacial score (nSPS) is 15.6. The summed E-state index contributed by atoms with van der Waals surface area (Å²) in [4.78, 5) is 121. The molecule has 0 radical (unpaired) electrons. The maximum absolute atomic E-state index is 14.3. The summed E-state index contributed by atoms with van der Waals surface area (Å²) in [6, 6.07) is -0.145. The Morgan fingerprint density at radius 1 is 0.586 bits per heavy atom. The average Bonchev–Trinajstić information content (AvgIpc) is 3.81. The molecule has 0 aromatic heterocycles. The second kappa shape index (κ2) is 31.7. The van der Waals surface area contributed by atoms with E-state index in [9.17, 15) is 43.5 Å². The summed E-state index contributed by atoms with van der Waals surface area (Å²) in [5.41, 5.74) is 50.8. The van der Waals surface area contributed by atoms with Gasteiger partial charge in [0.15, 0.2) is 17.9 Å². The summed E-state index contributed by atoms with van der Waals surface area (Å²) < 4.78 is 0. The molecule has 0 unspecified atom stereocenters. The van der Waals surface area contributed by atoms with Gasteiger partial charge in [-0.3, -0.25) is 48.5 Å². The number of nitrogens with two attached hydrogens (primary N) is 9. The lowest BCUT2D eigenvalue weighted by molar-refractivity contribution is -0.149. The quantitative estimate of drug-likeness (QED) is 0.0178. The summed E-state index contributed by atoms with van der Waals surface area (Å²) in [5, 5.41) is 23.0.